The van der Waals surface area contributed by atoms with E-state index in [1.807, 2.05) is 17.9 Å². The minimum atomic E-state index is 0.0288. The first-order valence-corrected chi connectivity index (χ1v) is 6.19. The normalized spacial score (nSPS) is 25.0. The van der Waals surface area contributed by atoms with Crippen molar-refractivity contribution in [1.82, 2.24) is 20.4 Å². The second kappa shape index (κ2) is 4.87. The topological polar surface area (TPSA) is 61.0 Å². The SMILES string of the molecule is CCc1cc(C(=O)N2C[C@@H](C)N[C@H](C)C2)n[nH]1. The molecule has 1 aliphatic heterocycles. The number of nitrogens with zero attached hydrogens (tertiary/aromatic N) is 2. The van der Waals surface area contributed by atoms with Crippen molar-refractivity contribution in [3.63, 3.8) is 0 Å². The average molecular weight is 236 g/mol. The van der Waals surface area contributed by atoms with E-state index in [1.54, 1.807) is 0 Å². The Labute approximate surface area is 102 Å². The zero-order valence-corrected chi connectivity index (χ0v) is 10.7. The molecule has 1 saturated heterocycles. The van der Waals surface area contributed by atoms with Crippen LogP contribution in [0.2, 0.25) is 0 Å². The number of piperazine rings is 1. The quantitative estimate of drug-likeness (QED) is 0.798. The Morgan fingerprint density at radius 2 is 2.12 bits per heavy atom. The summed E-state index contributed by atoms with van der Waals surface area (Å²) in [5.74, 6) is 0.0288. The van der Waals surface area contributed by atoms with Crippen molar-refractivity contribution < 1.29 is 4.79 Å². The number of aromatic nitrogens is 2. The number of carbonyl (C=O) groups is 1. The van der Waals surface area contributed by atoms with Crippen molar-refractivity contribution >= 4 is 5.91 Å². The number of aromatic amines is 1. The van der Waals surface area contributed by atoms with E-state index in [9.17, 15) is 4.79 Å². The number of carbonyl (C=O) groups excluding carboxylic acids is 1. The van der Waals surface area contributed by atoms with Gasteiger partial charge in [-0.3, -0.25) is 9.89 Å². The maximum atomic E-state index is 12.2. The molecule has 2 N–H and O–H groups in total. The van der Waals surface area contributed by atoms with Gasteiger partial charge in [-0.2, -0.15) is 5.10 Å². The molecule has 0 bridgehead atoms. The molecule has 0 radical (unpaired) electrons. The summed E-state index contributed by atoms with van der Waals surface area (Å²) in [7, 11) is 0. The van der Waals surface area contributed by atoms with E-state index in [-0.39, 0.29) is 5.91 Å². The van der Waals surface area contributed by atoms with E-state index in [0.29, 0.717) is 17.8 Å². The number of H-pyrrole nitrogens is 1. The number of hydrogen-bond acceptors (Lipinski definition) is 3. The molecule has 94 valence electrons. The Balaban J connectivity index is 2.08. The van der Waals surface area contributed by atoms with Crippen molar-refractivity contribution in [2.24, 2.45) is 0 Å². The molecular weight excluding hydrogens is 216 g/mol. The van der Waals surface area contributed by atoms with Crippen molar-refractivity contribution in [2.75, 3.05) is 13.1 Å². The molecule has 0 saturated carbocycles. The van der Waals surface area contributed by atoms with E-state index in [1.165, 1.54) is 0 Å². The minimum Gasteiger partial charge on any atom is -0.334 e. The molecule has 5 nitrogen and oxygen atoms in total. The summed E-state index contributed by atoms with van der Waals surface area (Å²) >= 11 is 0. The molecule has 0 aliphatic carbocycles. The number of nitrogens with one attached hydrogen (secondary N) is 2. The summed E-state index contributed by atoms with van der Waals surface area (Å²) in [4.78, 5) is 14.1. The molecule has 1 fully saturated rings. The second-order valence-corrected chi connectivity index (χ2v) is 4.81. The van der Waals surface area contributed by atoms with E-state index >= 15 is 0 Å². The molecule has 5 heteroatoms. The van der Waals surface area contributed by atoms with Gasteiger partial charge in [0.1, 0.15) is 5.69 Å². The average Bonchev–Trinajstić information content (AvgIpc) is 2.75. The van der Waals surface area contributed by atoms with Crippen LogP contribution < -0.4 is 5.32 Å². The van der Waals surface area contributed by atoms with Gasteiger partial charge in [-0.25, -0.2) is 0 Å². The van der Waals surface area contributed by atoms with E-state index < -0.39 is 0 Å². The highest BCUT2D eigenvalue weighted by atomic mass is 16.2. The fourth-order valence-electron chi connectivity index (χ4n) is 2.31. The summed E-state index contributed by atoms with van der Waals surface area (Å²) in [6.07, 6.45) is 0.870. The van der Waals surface area contributed by atoms with Crippen molar-refractivity contribution in [3.05, 3.63) is 17.5 Å². The van der Waals surface area contributed by atoms with Crippen LogP contribution in [0.4, 0.5) is 0 Å². The lowest BCUT2D eigenvalue weighted by Crippen LogP contribution is -2.55. The van der Waals surface area contributed by atoms with Gasteiger partial charge in [0.25, 0.3) is 5.91 Å². The molecule has 17 heavy (non-hydrogen) atoms. The molecule has 1 aromatic rings. The van der Waals surface area contributed by atoms with E-state index in [0.717, 1.165) is 25.2 Å². The highest BCUT2D eigenvalue weighted by Crippen LogP contribution is 2.10. The van der Waals surface area contributed by atoms with Crippen LogP contribution in [0.3, 0.4) is 0 Å². The molecule has 2 rings (SSSR count). The summed E-state index contributed by atoms with van der Waals surface area (Å²) in [6, 6.07) is 2.53. The molecule has 1 aliphatic rings. The lowest BCUT2D eigenvalue weighted by Gasteiger charge is -2.35. The molecule has 2 heterocycles. The predicted molar refractivity (Wildman–Crippen MR) is 65.9 cm³/mol. The second-order valence-electron chi connectivity index (χ2n) is 4.81. The third kappa shape index (κ3) is 2.66. The van der Waals surface area contributed by atoms with Crippen molar-refractivity contribution in [2.45, 2.75) is 39.3 Å². The maximum absolute atomic E-state index is 12.2. The first-order chi connectivity index (χ1) is 8.10. The van der Waals surface area contributed by atoms with Crippen LogP contribution in [0.1, 0.15) is 37.0 Å². The van der Waals surface area contributed by atoms with Gasteiger partial charge in [-0.05, 0) is 26.3 Å². The Morgan fingerprint density at radius 1 is 1.47 bits per heavy atom. The Kier molecular flexibility index (Phi) is 3.47. The summed E-state index contributed by atoms with van der Waals surface area (Å²) in [5.41, 5.74) is 1.53. The van der Waals surface area contributed by atoms with E-state index in [2.05, 4.69) is 29.4 Å². The monoisotopic (exact) mass is 236 g/mol. The van der Waals surface area contributed by atoms with Gasteiger partial charge in [0.05, 0.1) is 0 Å². The number of hydrogen-bond donors (Lipinski definition) is 2. The molecule has 0 aromatic carbocycles. The van der Waals surface area contributed by atoms with Crippen LogP contribution in [0.25, 0.3) is 0 Å². The van der Waals surface area contributed by atoms with Crippen molar-refractivity contribution in [1.29, 1.82) is 0 Å². The summed E-state index contributed by atoms with van der Waals surface area (Å²) < 4.78 is 0. The van der Waals surface area contributed by atoms with E-state index in [4.69, 9.17) is 0 Å². The summed E-state index contributed by atoms with van der Waals surface area (Å²) in [5, 5.41) is 10.4. The highest BCUT2D eigenvalue weighted by molar-refractivity contribution is 5.92. The number of aryl methyl sites for hydroxylation is 1. The fourth-order valence-corrected chi connectivity index (χ4v) is 2.31. The standard InChI is InChI=1S/C12H20N4O/c1-4-10-5-11(15-14-10)12(17)16-6-8(2)13-9(3)7-16/h5,8-9,13H,4,6-7H2,1-3H3,(H,14,15)/t8-,9-/m1/s1. The van der Waals surface area contributed by atoms with Crippen LogP contribution in [0.15, 0.2) is 6.07 Å². The molecule has 0 unspecified atom stereocenters. The van der Waals surface area contributed by atoms with Crippen LogP contribution in [0.5, 0.6) is 0 Å². The number of amides is 1. The fraction of sp³-hybridized carbons (Fsp3) is 0.667. The van der Waals surface area contributed by atoms with Crippen LogP contribution in [-0.2, 0) is 6.42 Å². The Morgan fingerprint density at radius 3 is 2.65 bits per heavy atom. The van der Waals surface area contributed by atoms with Gasteiger partial charge < -0.3 is 10.2 Å². The van der Waals surface area contributed by atoms with Gasteiger partial charge >= 0.3 is 0 Å². The zero-order valence-electron chi connectivity index (χ0n) is 10.7. The van der Waals surface area contributed by atoms with Crippen LogP contribution in [0, 0.1) is 0 Å². The lowest BCUT2D eigenvalue weighted by molar-refractivity contribution is 0.0668. The maximum Gasteiger partial charge on any atom is 0.274 e. The predicted octanol–water partition coefficient (Wildman–Crippen LogP) is 0.794. The molecular formula is C12H20N4O. The van der Waals surface area contributed by atoms with Gasteiger partial charge in [-0.15, -0.1) is 0 Å². The van der Waals surface area contributed by atoms with Crippen LogP contribution in [-0.4, -0.2) is 46.2 Å². The van der Waals surface area contributed by atoms with Crippen molar-refractivity contribution in [3.8, 4) is 0 Å². The Hall–Kier alpha value is -1.36. The highest BCUT2D eigenvalue weighted by Gasteiger charge is 2.26. The van der Waals surface area contributed by atoms with Crippen LogP contribution >= 0.6 is 0 Å². The van der Waals surface area contributed by atoms with Gasteiger partial charge in [0.15, 0.2) is 0 Å². The lowest BCUT2D eigenvalue weighted by atomic mass is 10.1. The smallest absolute Gasteiger partial charge is 0.274 e. The molecule has 1 aromatic heterocycles. The third-order valence-electron chi connectivity index (χ3n) is 3.08. The largest absolute Gasteiger partial charge is 0.334 e. The first-order valence-electron chi connectivity index (χ1n) is 6.19. The number of rotatable bonds is 2. The molecule has 2 atom stereocenters. The Bertz CT molecular complexity index is 391. The van der Waals surface area contributed by atoms with Gasteiger partial charge in [0, 0.05) is 30.9 Å². The van der Waals surface area contributed by atoms with Gasteiger partial charge in [-0.1, -0.05) is 6.92 Å². The molecule has 0 spiro atoms. The van der Waals surface area contributed by atoms with Gasteiger partial charge in [0.2, 0.25) is 0 Å². The minimum absolute atomic E-state index is 0.0288. The third-order valence-corrected chi connectivity index (χ3v) is 3.08. The summed E-state index contributed by atoms with van der Waals surface area (Å²) in [6.45, 7) is 7.72. The zero-order chi connectivity index (χ0) is 12.4. The first kappa shape index (κ1) is 12.1. The molecule has 1 amide bonds.